The van der Waals surface area contributed by atoms with E-state index < -0.39 is 43.3 Å². The first kappa shape index (κ1) is 33.5. The second kappa shape index (κ2) is 14.7. The van der Waals surface area contributed by atoms with Crippen LogP contribution in [0.5, 0.6) is 11.5 Å². The molecule has 3 N–H and O–H groups in total. The van der Waals surface area contributed by atoms with E-state index in [-0.39, 0.29) is 18.0 Å². The van der Waals surface area contributed by atoms with Gasteiger partial charge in [-0.15, -0.1) is 0 Å². The number of hydrogen-bond acceptors (Lipinski definition) is 9. The summed E-state index contributed by atoms with van der Waals surface area (Å²) < 4.78 is 39.2. The fourth-order valence-corrected chi connectivity index (χ4v) is 5.86. The number of nitrogens with two attached hydrogens (primary N) is 1. The van der Waals surface area contributed by atoms with Crippen molar-refractivity contribution < 1.29 is 32.6 Å². The van der Waals surface area contributed by atoms with Crippen molar-refractivity contribution in [1.29, 1.82) is 5.26 Å². The molecule has 12 nitrogen and oxygen atoms in total. The van der Waals surface area contributed by atoms with Crippen LogP contribution in [0.1, 0.15) is 23.2 Å². The Morgan fingerprint density at radius 2 is 1.81 bits per heavy atom. The third-order valence-corrected chi connectivity index (χ3v) is 8.40. The SMILES string of the molecule is COc1ccc(-c2ccc3nccc(C(=O)NCC(=O)N4CC(F)(F)CC4C#N)c3c2)cc1OCCCN1CCN(C(=O)CN)CC1. The zero-order valence-electron chi connectivity index (χ0n) is 26.1. The molecule has 3 aromatic rings. The maximum atomic E-state index is 13.8. The maximum absolute atomic E-state index is 13.8. The zero-order chi connectivity index (χ0) is 33.6. The number of carbonyl (C=O) groups is 3. The highest BCUT2D eigenvalue weighted by Crippen LogP contribution is 2.34. The van der Waals surface area contributed by atoms with Gasteiger partial charge in [0.15, 0.2) is 11.5 Å². The minimum absolute atomic E-state index is 0.0289. The number of piperazine rings is 1. The van der Waals surface area contributed by atoms with E-state index in [9.17, 15) is 28.4 Å². The molecule has 2 aromatic carbocycles. The van der Waals surface area contributed by atoms with Gasteiger partial charge in [-0.1, -0.05) is 12.1 Å². The van der Waals surface area contributed by atoms with Crippen molar-refractivity contribution in [2.45, 2.75) is 24.8 Å². The summed E-state index contributed by atoms with van der Waals surface area (Å²) in [7, 11) is 1.57. The van der Waals surface area contributed by atoms with Crippen molar-refractivity contribution in [2.75, 3.05) is 66.1 Å². The Morgan fingerprint density at radius 1 is 1.06 bits per heavy atom. The largest absolute Gasteiger partial charge is 0.493 e. The number of methoxy groups -OCH3 is 1. The van der Waals surface area contributed by atoms with Crippen LogP contribution >= 0.6 is 0 Å². The van der Waals surface area contributed by atoms with Gasteiger partial charge in [0.1, 0.15) is 6.04 Å². The third-order valence-electron chi connectivity index (χ3n) is 8.40. The predicted octanol–water partition coefficient (Wildman–Crippen LogP) is 2.27. The highest BCUT2D eigenvalue weighted by Gasteiger charge is 2.47. The quantitative estimate of drug-likeness (QED) is 0.298. The summed E-state index contributed by atoms with van der Waals surface area (Å²) >= 11 is 0. The Balaban J connectivity index is 1.24. The molecule has 2 fully saturated rings. The number of amides is 3. The Labute approximate surface area is 271 Å². The average Bonchev–Trinajstić information content (AvgIpc) is 3.42. The van der Waals surface area contributed by atoms with E-state index in [1.807, 2.05) is 24.3 Å². The highest BCUT2D eigenvalue weighted by molar-refractivity contribution is 6.07. The molecule has 3 heterocycles. The number of ether oxygens (including phenoxy) is 2. The molecule has 0 radical (unpaired) electrons. The van der Waals surface area contributed by atoms with Crippen molar-refractivity contribution in [1.82, 2.24) is 25.0 Å². The van der Waals surface area contributed by atoms with Crippen LogP contribution in [-0.2, 0) is 9.59 Å². The number of hydrogen-bond donors (Lipinski definition) is 2. The number of benzene rings is 2. The standard InChI is InChI=1S/C33H37F2N7O5/c1-46-28-6-4-23(16-29(28)47-14-2-9-40-10-12-41(13-11-40)30(43)19-37)22-3-5-27-26(15-22)25(7-8-38-27)32(45)39-20-31(44)42-21-33(34,35)17-24(42)18-36/h3-8,15-16,24H,2,9-14,17,19-21,37H2,1H3,(H,39,45). The monoisotopic (exact) mass is 649 g/mol. The van der Waals surface area contributed by atoms with Crippen LogP contribution in [0.25, 0.3) is 22.0 Å². The summed E-state index contributed by atoms with van der Waals surface area (Å²) in [4.78, 5) is 46.8. The van der Waals surface area contributed by atoms with Gasteiger partial charge in [0, 0.05) is 50.7 Å². The predicted molar refractivity (Wildman–Crippen MR) is 169 cm³/mol. The first-order valence-electron chi connectivity index (χ1n) is 15.4. The Bertz CT molecular complexity index is 1670. The van der Waals surface area contributed by atoms with Crippen molar-refractivity contribution in [3.8, 4) is 28.7 Å². The minimum atomic E-state index is -3.14. The molecule has 1 aromatic heterocycles. The summed E-state index contributed by atoms with van der Waals surface area (Å²) in [5.74, 6) is -3.37. The van der Waals surface area contributed by atoms with E-state index >= 15 is 0 Å². The summed E-state index contributed by atoms with van der Waals surface area (Å²) in [6.45, 7) is 2.83. The lowest BCUT2D eigenvalue weighted by Crippen LogP contribution is -2.50. The number of likely N-dealkylation sites (tertiary alicyclic amines) is 1. The molecule has 14 heteroatoms. The van der Waals surface area contributed by atoms with E-state index in [2.05, 4.69) is 15.2 Å². The van der Waals surface area contributed by atoms with Crippen molar-refractivity contribution in [2.24, 2.45) is 5.73 Å². The molecule has 248 valence electrons. The molecular formula is C33H37F2N7O5. The number of aromatic nitrogens is 1. The molecule has 2 aliphatic rings. The van der Waals surface area contributed by atoms with Crippen LogP contribution in [0.2, 0.25) is 0 Å². The van der Waals surface area contributed by atoms with Gasteiger partial charge in [0.2, 0.25) is 11.8 Å². The first-order chi connectivity index (χ1) is 22.6. The second-order valence-electron chi connectivity index (χ2n) is 11.5. The number of rotatable bonds is 11. The number of halogens is 2. The van der Waals surface area contributed by atoms with Crippen LogP contribution in [0.4, 0.5) is 8.78 Å². The van der Waals surface area contributed by atoms with Gasteiger partial charge in [0.05, 0.1) is 50.5 Å². The Kier molecular flexibility index (Phi) is 10.5. The third kappa shape index (κ3) is 7.93. The number of fused-ring (bicyclic) bond motifs is 1. The van der Waals surface area contributed by atoms with E-state index in [1.54, 1.807) is 30.2 Å². The molecule has 0 spiro atoms. The Hall–Kier alpha value is -4.87. The van der Waals surface area contributed by atoms with Crippen LogP contribution in [0, 0.1) is 11.3 Å². The molecule has 1 unspecified atom stereocenters. The van der Waals surface area contributed by atoms with E-state index in [1.165, 1.54) is 12.3 Å². The lowest BCUT2D eigenvalue weighted by atomic mass is 10.00. The van der Waals surface area contributed by atoms with E-state index in [4.69, 9.17) is 15.2 Å². The van der Waals surface area contributed by atoms with Gasteiger partial charge in [-0.05, 0) is 47.9 Å². The smallest absolute Gasteiger partial charge is 0.268 e. The molecule has 3 amide bonds. The van der Waals surface area contributed by atoms with Crippen molar-refractivity contribution >= 4 is 28.6 Å². The van der Waals surface area contributed by atoms with Crippen LogP contribution < -0.4 is 20.5 Å². The minimum Gasteiger partial charge on any atom is -0.493 e. The molecule has 2 aliphatic heterocycles. The molecule has 2 saturated heterocycles. The number of nitrogens with one attached hydrogen (secondary N) is 1. The lowest BCUT2D eigenvalue weighted by Gasteiger charge is -2.34. The molecule has 0 bridgehead atoms. The number of pyridine rings is 1. The fraction of sp³-hybridized carbons (Fsp3) is 0.424. The van der Waals surface area contributed by atoms with Gasteiger partial charge in [-0.3, -0.25) is 24.3 Å². The summed E-state index contributed by atoms with van der Waals surface area (Å²) in [6.07, 6.45) is 1.53. The first-order valence-corrected chi connectivity index (χ1v) is 15.4. The topological polar surface area (TPSA) is 154 Å². The normalized spacial score (nSPS) is 17.7. The average molecular weight is 650 g/mol. The van der Waals surface area contributed by atoms with Gasteiger partial charge < -0.3 is 30.3 Å². The molecular weight excluding hydrogens is 612 g/mol. The van der Waals surface area contributed by atoms with Crippen LogP contribution in [-0.4, -0.2) is 115 Å². The van der Waals surface area contributed by atoms with Gasteiger partial charge >= 0.3 is 0 Å². The fourth-order valence-electron chi connectivity index (χ4n) is 5.86. The molecule has 1 atom stereocenters. The second-order valence-corrected chi connectivity index (χ2v) is 11.5. The number of carbonyl (C=O) groups excluding carboxylic acids is 3. The van der Waals surface area contributed by atoms with E-state index in [0.717, 1.165) is 42.1 Å². The van der Waals surface area contributed by atoms with Crippen LogP contribution in [0.15, 0.2) is 48.7 Å². The summed E-state index contributed by atoms with van der Waals surface area (Å²) in [5, 5.41) is 12.2. The summed E-state index contributed by atoms with van der Waals surface area (Å²) in [5.41, 5.74) is 7.87. The number of nitrogens with zero attached hydrogens (tertiary/aromatic N) is 5. The van der Waals surface area contributed by atoms with Gasteiger partial charge in [-0.2, -0.15) is 5.26 Å². The van der Waals surface area contributed by atoms with E-state index in [0.29, 0.717) is 42.1 Å². The van der Waals surface area contributed by atoms with Crippen molar-refractivity contribution in [3.63, 3.8) is 0 Å². The Morgan fingerprint density at radius 3 is 2.53 bits per heavy atom. The van der Waals surface area contributed by atoms with Gasteiger partial charge in [0.25, 0.3) is 11.8 Å². The zero-order valence-corrected chi connectivity index (χ0v) is 26.1. The number of nitriles is 1. The lowest BCUT2D eigenvalue weighted by molar-refractivity contribution is -0.132. The maximum Gasteiger partial charge on any atom is 0.268 e. The molecule has 0 saturated carbocycles. The highest BCUT2D eigenvalue weighted by atomic mass is 19.3. The number of alkyl halides is 2. The molecule has 0 aliphatic carbocycles. The van der Waals surface area contributed by atoms with Crippen LogP contribution in [0.3, 0.4) is 0 Å². The molecule has 47 heavy (non-hydrogen) atoms. The van der Waals surface area contributed by atoms with Crippen molar-refractivity contribution in [3.05, 3.63) is 54.2 Å². The van der Waals surface area contributed by atoms with Gasteiger partial charge in [-0.25, -0.2) is 8.78 Å². The summed E-state index contributed by atoms with van der Waals surface area (Å²) in [6, 6.07) is 13.0. The molecule has 5 rings (SSSR count).